The topological polar surface area (TPSA) is 38.7 Å². The molecular formula is C43H25N3. The molecule has 0 saturated carbocycles. The van der Waals surface area contributed by atoms with Gasteiger partial charge in [0.1, 0.15) is 0 Å². The summed E-state index contributed by atoms with van der Waals surface area (Å²) in [6, 6.07) is 51.7. The van der Waals surface area contributed by atoms with E-state index < -0.39 is 0 Å². The highest BCUT2D eigenvalue weighted by molar-refractivity contribution is 6.18. The van der Waals surface area contributed by atoms with Crippen LogP contribution >= 0.6 is 0 Å². The predicted octanol–water partition coefficient (Wildman–Crippen LogP) is 11.1. The molecule has 0 atom stereocenters. The predicted molar refractivity (Wildman–Crippen MR) is 191 cm³/mol. The van der Waals surface area contributed by atoms with Crippen LogP contribution in [-0.4, -0.2) is 15.0 Å². The maximum atomic E-state index is 5.30. The van der Waals surface area contributed by atoms with Crippen molar-refractivity contribution in [2.45, 2.75) is 0 Å². The molecule has 0 N–H and O–H groups in total. The van der Waals surface area contributed by atoms with Crippen molar-refractivity contribution in [1.82, 2.24) is 15.0 Å². The van der Waals surface area contributed by atoms with Crippen LogP contribution in [0.15, 0.2) is 152 Å². The average Bonchev–Trinajstić information content (AvgIpc) is 3.46. The molecule has 1 aliphatic rings. The molecule has 0 radical (unpaired) electrons. The maximum Gasteiger partial charge on any atom is 0.0972 e. The van der Waals surface area contributed by atoms with Gasteiger partial charge in [0.05, 0.1) is 27.9 Å². The first-order valence-electron chi connectivity index (χ1n) is 15.6. The van der Waals surface area contributed by atoms with Crippen LogP contribution in [-0.2, 0) is 0 Å². The first kappa shape index (κ1) is 25.2. The van der Waals surface area contributed by atoms with Crippen LogP contribution in [0, 0.1) is 0 Å². The van der Waals surface area contributed by atoms with Gasteiger partial charge in [-0.1, -0.05) is 127 Å². The SMILES string of the molecule is c1ccc2c(c1)-c1cccc3c(-c4ccc5ccc6ccc(-c7ccc(-c8cccc9cccnc89)cc7)nc6c5n4)ccc-2c13. The number of aromatic nitrogens is 3. The summed E-state index contributed by atoms with van der Waals surface area (Å²) < 4.78 is 0. The zero-order valence-corrected chi connectivity index (χ0v) is 24.8. The largest absolute Gasteiger partial charge is 0.256 e. The van der Waals surface area contributed by atoms with E-state index in [1.165, 1.54) is 33.0 Å². The van der Waals surface area contributed by atoms with E-state index in [0.29, 0.717) is 0 Å². The molecule has 0 fully saturated rings. The summed E-state index contributed by atoms with van der Waals surface area (Å²) in [6.07, 6.45) is 1.85. The van der Waals surface area contributed by atoms with Crippen molar-refractivity contribution in [2.75, 3.05) is 0 Å². The fourth-order valence-corrected chi connectivity index (χ4v) is 7.27. The molecule has 3 heteroatoms. The summed E-state index contributed by atoms with van der Waals surface area (Å²) in [7, 11) is 0. The van der Waals surface area contributed by atoms with Gasteiger partial charge in [-0.25, -0.2) is 9.97 Å². The zero-order chi connectivity index (χ0) is 30.2. The molecule has 1 aliphatic carbocycles. The standard InChI is InChI=1S/C43H25N3/c1-2-9-33-32(8-1)35-11-4-12-36-34(21-22-37(33)40(35)36)39-24-20-30-18-17-29-19-23-38(45-42(29)43(30)46-39)27-15-13-26(14-16-27)31-10-3-6-28-7-5-25-44-41(28)31/h1-25H. The molecule has 3 nitrogen and oxygen atoms in total. The lowest BCUT2D eigenvalue weighted by atomic mass is 9.96. The highest BCUT2D eigenvalue weighted by Crippen LogP contribution is 2.49. The van der Waals surface area contributed by atoms with Crippen LogP contribution in [0.3, 0.4) is 0 Å². The molecule has 9 aromatic rings. The first-order valence-corrected chi connectivity index (χ1v) is 15.6. The minimum atomic E-state index is 0.914. The van der Waals surface area contributed by atoms with Crippen LogP contribution in [0.25, 0.3) is 99.4 Å². The lowest BCUT2D eigenvalue weighted by Crippen LogP contribution is -1.92. The normalized spacial score (nSPS) is 11.9. The molecule has 212 valence electrons. The summed E-state index contributed by atoms with van der Waals surface area (Å²) in [4.78, 5) is 15.2. The van der Waals surface area contributed by atoms with E-state index in [1.54, 1.807) is 0 Å². The second kappa shape index (κ2) is 9.65. The molecule has 46 heavy (non-hydrogen) atoms. The number of fused-ring (bicyclic) bond motifs is 7. The van der Waals surface area contributed by atoms with E-state index in [4.69, 9.17) is 9.97 Å². The minimum absolute atomic E-state index is 0.914. The number of para-hydroxylation sites is 1. The summed E-state index contributed by atoms with van der Waals surface area (Å²) in [6.45, 7) is 0. The van der Waals surface area contributed by atoms with Crippen LogP contribution in [0.4, 0.5) is 0 Å². The summed E-state index contributed by atoms with van der Waals surface area (Å²) in [5, 5.41) is 5.84. The summed E-state index contributed by atoms with van der Waals surface area (Å²) >= 11 is 0. The Bertz CT molecular complexity index is 2660. The van der Waals surface area contributed by atoms with Gasteiger partial charge in [0, 0.05) is 39.0 Å². The van der Waals surface area contributed by atoms with Gasteiger partial charge < -0.3 is 0 Å². The van der Waals surface area contributed by atoms with Crippen molar-refractivity contribution < 1.29 is 0 Å². The molecule has 3 aromatic heterocycles. The third-order valence-corrected chi connectivity index (χ3v) is 9.47. The van der Waals surface area contributed by atoms with Gasteiger partial charge in [0.2, 0.25) is 0 Å². The van der Waals surface area contributed by atoms with E-state index in [1.807, 2.05) is 12.3 Å². The molecule has 0 aliphatic heterocycles. The summed E-state index contributed by atoms with van der Waals surface area (Å²) in [5.41, 5.74) is 14.4. The number of hydrogen-bond donors (Lipinski definition) is 0. The Balaban J connectivity index is 1.09. The lowest BCUT2D eigenvalue weighted by molar-refractivity contribution is 1.37. The Morgan fingerprint density at radius 1 is 0.326 bits per heavy atom. The smallest absolute Gasteiger partial charge is 0.0972 e. The third kappa shape index (κ3) is 3.69. The van der Waals surface area contributed by atoms with E-state index >= 15 is 0 Å². The highest BCUT2D eigenvalue weighted by atomic mass is 14.8. The van der Waals surface area contributed by atoms with Gasteiger partial charge in [-0.2, -0.15) is 0 Å². The van der Waals surface area contributed by atoms with Gasteiger partial charge in [0.25, 0.3) is 0 Å². The van der Waals surface area contributed by atoms with Gasteiger partial charge in [-0.3, -0.25) is 4.98 Å². The Morgan fingerprint density at radius 2 is 0.891 bits per heavy atom. The van der Waals surface area contributed by atoms with Gasteiger partial charge in [0.15, 0.2) is 0 Å². The van der Waals surface area contributed by atoms with Crippen LogP contribution in [0.5, 0.6) is 0 Å². The molecule has 0 amide bonds. The Labute approximate surface area is 265 Å². The Kier molecular flexibility index (Phi) is 5.28. The monoisotopic (exact) mass is 583 g/mol. The average molecular weight is 584 g/mol. The van der Waals surface area contributed by atoms with Crippen LogP contribution in [0.1, 0.15) is 0 Å². The van der Waals surface area contributed by atoms with E-state index in [0.717, 1.165) is 66.4 Å². The molecule has 0 unspecified atom stereocenters. The van der Waals surface area contributed by atoms with Crippen molar-refractivity contribution in [3.05, 3.63) is 152 Å². The highest BCUT2D eigenvalue weighted by Gasteiger charge is 2.22. The van der Waals surface area contributed by atoms with Crippen molar-refractivity contribution in [3.63, 3.8) is 0 Å². The number of rotatable bonds is 3. The van der Waals surface area contributed by atoms with Crippen molar-refractivity contribution in [3.8, 4) is 55.9 Å². The molecular weight excluding hydrogens is 558 g/mol. The molecule has 0 spiro atoms. The molecule has 0 bridgehead atoms. The lowest BCUT2D eigenvalue weighted by Gasteiger charge is -2.11. The summed E-state index contributed by atoms with van der Waals surface area (Å²) in [5.74, 6) is 0. The molecule has 10 rings (SSSR count). The Hall–Kier alpha value is -6.19. The number of hydrogen-bond acceptors (Lipinski definition) is 3. The number of benzene rings is 6. The fourth-order valence-electron chi connectivity index (χ4n) is 7.27. The van der Waals surface area contributed by atoms with Crippen LogP contribution < -0.4 is 0 Å². The molecule has 6 aromatic carbocycles. The second-order valence-electron chi connectivity index (χ2n) is 12.0. The van der Waals surface area contributed by atoms with Crippen molar-refractivity contribution in [1.29, 1.82) is 0 Å². The first-order chi connectivity index (χ1) is 22.8. The molecule has 3 heterocycles. The van der Waals surface area contributed by atoms with E-state index in [9.17, 15) is 0 Å². The maximum absolute atomic E-state index is 5.30. The van der Waals surface area contributed by atoms with E-state index in [-0.39, 0.29) is 0 Å². The minimum Gasteiger partial charge on any atom is -0.256 e. The Morgan fingerprint density at radius 3 is 1.70 bits per heavy atom. The van der Waals surface area contributed by atoms with E-state index in [2.05, 4.69) is 145 Å². The molecule has 0 saturated heterocycles. The quantitative estimate of drug-likeness (QED) is 0.194. The van der Waals surface area contributed by atoms with Crippen molar-refractivity contribution in [2.24, 2.45) is 0 Å². The number of pyridine rings is 3. The zero-order valence-electron chi connectivity index (χ0n) is 24.8. The fraction of sp³-hybridized carbons (Fsp3) is 0. The number of nitrogens with zero attached hydrogens (tertiary/aromatic N) is 3. The van der Waals surface area contributed by atoms with Crippen molar-refractivity contribution >= 4 is 43.5 Å². The second-order valence-corrected chi connectivity index (χ2v) is 12.0. The van der Waals surface area contributed by atoms with Gasteiger partial charge in [-0.05, 0) is 56.8 Å². The van der Waals surface area contributed by atoms with Gasteiger partial charge >= 0.3 is 0 Å². The van der Waals surface area contributed by atoms with Crippen LogP contribution in [0.2, 0.25) is 0 Å². The van der Waals surface area contributed by atoms with Gasteiger partial charge in [-0.15, -0.1) is 0 Å². The third-order valence-electron chi connectivity index (χ3n) is 9.47.